The minimum atomic E-state index is 0.0254. The van der Waals surface area contributed by atoms with Crippen molar-refractivity contribution in [2.75, 3.05) is 11.9 Å². The topological polar surface area (TPSA) is 94.7 Å². The summed E-state index contributed by atoms with van der Waals surface area (Å²) < 4.78 is 9.85. The summed E-state index contributed by atoms with van der Waals surface area (Å²) in [6.07, 6.45) is 14.1. The zero-order chi connectivity index (χ0) is 27.1. The molecule has 5 aromatic rings. The number of rotatable bonds is 5. The normalized spacial score (nSPS) is 28.6. The number of ether oxygens (including phenoxy) is 1. The standard InChI is InChI=1S/C29H34N8OS2/c1-28-9-10-29(2,35-28)13-18(12-28)32-27-34-26-25(40-27)33-24(39-26)20-8-7-19(21-15-30-36(3)23(20)21)17-14-31-37(16-17)22-6-4-5-11-38-22/h7-8,14-16,18,22,35H,4-6,9-13H2,1-3H3,(H,32,34). The van der Waals surface area contributed by atoms with E-state index >= 15 is 0 Å². The second kappa shape index (κ2) is 9.07. The lowest BCUT2D eigenvalue weighted by Crippen LogP contribution is -2.56. The Morgan fingerprint density at radius 3 is 2.58 bits per heavy atom. The number of thiazole rings is 2. The third kappa shape index (κ3) is 4.17. The molecule has 1 aromatic carbocycles. The van der Waals surface area contributed by atoms with Gasteiger partial charge in [0, 0.05) is 53.5 Å². The lowest BCUT2D eigenvalue weighted by atomic mass is 9.85. The summed E-state index contributed by atoms with van der Waals surface area (Å²) in [5, 5.41) is 20.0. The molecule has 3 unspecified atom stereocenters. The Labute approximate surface area is 241 Å². The molecule has 3 saturated heterocycles. The van der Waals surface area contributed by atoms with Crippen LogP contribution >= 0.6 is 22.7 Å². The van der Waals surface area contributed by atoms with Gasteiger partial charge in [-0.3, -0.25) is 4.68 Å². The van der Waals surface area contributed by atoms with E-state index in [0.717, 1.165) is 79.7 Å². The summed E-state index contributed by atoms with van der Waals surface area (Å²) in [6.45, 7) is 5.53. The summed E-state index contributed by atoms with van der Waals surface area (Å²) in [7, 11) is 2.00. The summed E-state index contributed by atoms with van der Waals surface area (Å²) >= 11 is 3.32. The van der Waals surface area contributed by atoms with Crippen LogP contribution in [0.15, 0.2) is 30.7 Å². The van der Waals surface area contributed by atoms with E-state index in [1.54, 1.807) is 22.7 Å². The van der Waals surface area contributed by atoms with Crippen molar-refractivity contribution in [3.05, 3.63) is 30.7 Å². The molecule has 0 spiro atoms. The number of nitrogens with zero attached hydrogens (tertiary/aromatic N) is 6. The van der Waals surface area contributed by atoms with Gasteiger partial charge in [-0.25, -0.2) is 14.6 Å². The minimum absolute atomic E-state index is 0.0254. The zero-order valence-electron chi connectivity index (χ0n) is 23.1. The van der Waals surface area contributed by atoms with E-state index in [4.69, 9.17) is 14.7 Å². The molecule has 208 valence electrons. The quantitative estimate of drug-likeness (QED) is 0.253. The van der Waals surface area contributed by atoms with Gasteiger partial charge >= 0.3 is 0 Å². The van der Waals surface area contributed by atoms with Gasteiger partial charge in [0.25, 0.3) is 0 Å². The molecule has 8 rings (SSSR count). The first kappa shape index (κ1) is 24.9. The van der Waals surface area contributed by atoms with Gasteiger partial charge in [0.15, 0.2) is 14.8 Å². The number of aromatic nitrogens is 6. The lowest BCUT2D eigenvalue weighted by molar-refractivity contribution is -0.0394. The maximum atomic E-state index is 5.94. The van der Waals surface area contributed by atoms with Crippen LogP contribution in [-0.2, 0) is 11.8 Å². The smallest absolute Gasteiger partial charge is 0.186 e. The molecular formula is C29H34N8OS2. The predicted molar refractivity (Wildman–Crippen MR) is 161 cm³/mol. The Morgan fingerprint density at radius 2 is 1.80 bits per heavy atom. The van der Waals surface area contributed by atoms with E-state index in [1.807, 2.05) is 28.8 Å². The molecule has 3 atom stereocenters. The summed E-state index contributed by atoms with van der Waals surface area (Å²) in [5.74, 6) is 0. The Morgan fingerprint density at radius 1 is 1.00 bits per heavy atom. The summed E-state index contributed by atoms with van der Waals surface area (Å²) in [5.41, 5.74) is 4.81. The van der Waals surface area contributed by atoms with Crippen molar-refractivity contribution in [2.24, 2.45) is 7.05 Å². The SMILES string of the molecule is Cn1ncc2c(-c3cnn(C4CCCCO4)c3)ccc(-c3nc4sc(NC5CC6(C)CCC(C)(C5)N6)nc4s3)c21. The van der Waals surface area contributed by atoms with Crippen LogP contribution in [0.5, 0.6) is 0 Å². The Kier molecular flexibility index (Phi) is 5.65. The van der Waals surface area contributed by atoms with Crippen LogP contribution in [0.1, 0.15) is 65.0 Å². The molecule has 0 amide bonds. The van der Waals surface area contributed by atoms with Crippen molar-refractivity contribution >= 4 is 48.4 Å². The van der Waals surface area contributed by atoms with E-state index in [-0.39, 0.29) is 17.3 Å². The van der Waals surface area contributed by atoms with Crippen molar-refractivity contribution < 1.29 is 4.74 Å². The van der Waals surface area contributed by atoms with Crippen LogP contribution in [0.2, 0.25) is 0 Å². The van der Waals surface area contributed by atoms with Gasteiger partial charge in [0.1, 0.15) is 11.2 Å². The highest BCUT2D eigenvalue weighted by Crippen LogP contribution is 2.44. The van der Waals surface area contributed by atoms with E-state index < -0.39 is 0 Å². The minimum Gasteiger partial charge on any atom is -0.359 e. The number of piperidine rings is 1. The van der Waals surface area contributed by atoms with Crippen molar-refractivity contribution in [1.82, 2.24) is 34.8 Å². The number of benzene rings is 1. The van der Waals surface area contributed by atoms with E-state index in [9.17, 15) is 0 Å². The number of anilines is 1. The van der Waals surface area contributed by atoms with Gasteiger partial charge in [-0.05, 0) is 70.4 Å². The molecule has 2 N–H and O–H groups in total. The molecule has 3 aliphatic heterocycles. The van der Waals surface area contributed by atoms with Crippen LogP contribution in [0, 0.1) is 0 Å². The van der Waals surface area contributed by atoms with Crippen LogP contribution in [-0.4, -0.2) is 53.3 Å². The first-order valence-electron chi connectivity index (χ1n) is 14.3. The maximum Gasteiger partial charge on any atom is 0.186 e. The molecule has 3 aliphatic rings. The molecule has 4 aromatic heterocycles. The van der Waals surface area contributed by atoms with E-state index in [0.29, 0.717) is 6.04 Å². The van der Waals surface area contributed by atoms with Gasteiger partial charge in [-0.1, -0.05) is 28.7 Å². The van der Waals surface area contributed by atoms with Crippen LogP contribution in [0.25, 0.3) is 42.3 Å². The highest BCUT2D eigenvalue weighted by Gasteiger charge is 2.48. The van der Waals surface area contributed by atoms with Crippen molar-refractivity contribution in [3.8, 4) is 21.7 Å². The Bertz CT molecular complexity index is 1680. The molecular weight excluding hydrogens is 541 g/mol. The molecule has 0 saturated carbocycles. The van der Waals surface area contributed by atoms with Gasteiger partial charge in [-0.2, -0.15) is 10.2 Å². The molecule has 0 radical (unpaired) electrons. The Hall–Kier alpha value is -2.86. The molecule has 9 nitrogen and oxygen atoms in total. The molecule has 0 aliphatic carbocycles. The van der Waals surface area contributed by atoms with Crippen LogP contribution < -0.4 is 10.6 Å². The third-order valence-corrected chi connectivity index (χ3v) is 11.0. The fourth-order valence-corrected chi connectivity index (χ4v) is 9.29. The van der Waals surface area contributed by atoms with E-state index in [1.165, 1.54) is 19.3 Å². The molecule has 3 fully saturated rings. The average Bonchev–Trinajstić information content (AvgIpc) is 3.74. The van der Waals surface area contributed by atoms with Gasteiger partial charge in [0.05, 0.1) is 17.9 Å². The highest BCUT2D eigenvalue weighted by atomic mass is 32.1. The first-order valence-corrected chi connectivity index (χ1v) is 15.9. The molecule has 11 heteroatoms. The van der Waals surface area contributed by atoms with Gasteiger partial charge in [0.2, 0.25) is 0 Å². The van der Waals surface area contributed by atoms with Crippen molar-refractivity contribution in [3.63, 3.8) is 0 Å². The largest absolute Gasteiger partial charge is 0.359 e. The number of nitrogens with one attached hydrogen (secondary N) is 2. The predicted octanol–water partition coefficient (Wildman–Crippen LogP) is 6.34. The van der Waals surface area contributed by atoms with Crippen LogP contribution in [0.3, 0.4) is 0 Å². The fraction of sp³-hybridized carbons (Fsp3) is 0.517. The fourth-order valence-electron chi connectivity index (χ4n) is 7.25. The van der Waals surface area contributed by atoms with Gasteiger partial charge in [-0.15, -0.1) is 0 Å². The highest BCUT2D eigenvalue weighted by molar-refractivity contribution is 7.29. The number of hydrogen-bond acceptors (Lipinski definition) is 9. The summed E-state index contributed by atoms with van der Waals surface area (Å²) in [4.78, 5) is 12.0. The van der Waals surface area contributed by atoms with Gasteiger partial charge < -0.3 is 15.4 Å². The zero-order valence-corrected chi connectivity index (χ0v) is 24.7. The second-order valence-corrected chi connectivity index (χ2v) is 14.3. The number of aryl methyl sites for hydroxylation is 1. The second-order valence-electron chi connectivity index (χ2n) is 12.4. The summed E-state index contributed by atoms with van der Waals surface area (Å²) in [6, 6.07) is 4.78. The molecule has 7 heterocycles. The lowest BCUT2D eigenvalue weighted by Gasteiger charge is -2.42. The van der Waals surface area contributed by atoms with Crippen molar-refractivity contribution in [2.45, 2.75) is 82.1 Å². The average molecular weight is 575 g/mol. The number of fused-ring (bicyclic) bond motifs is 4. The van der Waals surface area contributed by atoms with Crippen molar-refractivity contribution in [1.29, 1.82) is 0 Å². The number of hydrogen-bond donors (Lipinski definition) is 2. The molecule has 40 heavy (non-hydrogen) atoms. The van der Waals surface area contributed by atoms with Crippen LogP contribution in [0.4, 0.5) is 5.13 Å². The molecule has 2 bridgehead atoms. The maximum absolute atomic E-state index is 5.94. The first-order chi connectivity index (χ1) is 19.3. The Balaban J connectivity index is 1.08. The third-order valence-electron chi connectivity index (χ3n) is 9.02. The monoisotopic (exact) mass is 574 g/mol. The van der Waals surface area contributed by atoms with E-state index in [2.05, 4.69) is 53.0 Å².